The highest BCUT2D eigenvalue weighted by Gasteiger charge is 2.29. The molecule has 0 aromatic heterocycles. The average molecular weight is 380 g/mol. The van der Waals surface area contributed by atoms with Gasteiger partial charge in [0.25, 0.3) is 5.91 Å². The molecule has 0 radical (unpaired) electrons. The second kappa shape index (κ2) is 9.14. The van der Waals surface area contributed by atoms with E-state index in [0.29, 0.717) is 18.4 Å². The molecular formula is C19H26ClN3O3. The maximum Gasteiger partial charge on any atom is 0.254 e. The number of rotatable bonds is 6. The summed E-state index contributed by atoms with van der Waals surface area (Å²) < 4.78 is 0. The number of nitrogens with zero attached hydrogens (tertiary/aromatic N) is 2. The number of amides is 3. The van der Waals surface area contributed by atoms with Gasteiger partial charge in [-0.05, 0) is 37.1 Å². The number of carbonyl (C=O) groups is 3. The minimum absolute atomic E-state index is 0. The number of benzene rings is 1. The van der Waals surface area contributed by atoms with Crippen LogP contribution in [0.5, 0.6) is 0 Å². The van der Waals surface area contributed by atoms with Crippen molar-refractivity contribution in [3.8, 4) is 0 Å². The van der Waals surface area contributed by atoms with Gasteiger partial charge in [-0.3, -0.25) is 19.3 Å². The molecule has 6 nitrogen and oxygen atoms in total. The molecule has 2 saturated heterocycles. The van der Waals surface area contributed by atoms with E-state index in [2.05, 4.69) is 12.2 Å². The molecule has 0 bridgehead atoms. The number of halogens is 1. The topological polar surface area (TPSA) is 69.7 Å². The normalized spacial score (nSPS) is 19.6. The van der Waals surface area contributed by atoms with Crippen LogP contribution in [0.4, 0.5) is 0 Å². The predicted octanol–water partition coefficient (Wildman–Crippen LogP) is 1.97. The fourth-order valence-electron chi connectivity index (χ4n) is 3.50. The third-order valence-corrected chi connectivity index (χ3v) is 4.90. The first-order valence-corrected chi connectivity index (χ1v) is 9.04. The second-order valence-corrected chi connectivity index (χ2v) is 6.72. The largest absolute Gasteiger partial charge is 0.334 e. The molecule has 3 amide bonds. The zero-order valence-corrected chi connectivity index (χ0v) is 15.9. The molecule has 0 spiro atoms. The summed E-state index contributed by atoms with van der Waals surface area (Å²) in [7, 11) is 0. The first-order valence-electron chi connectivity index (χ1n) is 9.04. The SMILES string of the molecule is CCCN(C(=O)c1ccc(CN2C(=O)CCC2=O)cc1)C1CCNC1.Cl. The van der Waals surface area contributed by atoms with E-state index in [-0.39, 0.29) is 42.7 Å². The third-order valence-electron chi connectivity index (χ3n) is 4.90. The predicted molar refractivity (Wildman–Crippen MR) is 101 cm³/mol. The van der Waals surface area contributed by atoms with Crippen molar-refractivity contribution in [2.24, 2.45) is 0 Å². The Morgan fingerprint density at radius 3 is 2.38 bits per heavy atom. The molecule has 0 saturated carbocycles. The Bertz CT molecular complexity index is 640. The van der Waals surface area contributed by atoms with Crippen LogP contribution in [0.15, 0.2) is 24.3 Å². The van der Waals surface area contributed by atoms with Gasteiger partial charge in [-0.2, -0.15) is 0 Å². The maximum atomic E-state index is 12.9. The molecule has 2 aliphatic heterocycles. The highest BCUT2D eigenvalue weighted by Crippen LogP contribution is 2.18. The Morgan fingerprint density at radius 2 is 1.85 bits per heavy atom. The lowest BCUT2D eigenvalue weighted by molar-refractivity contribution is -0.139. The van der Waals surface area contributed by atoms with Crippen LogP contribution in [0.1, 0.15) is 48.5 Å². The minimum Gasteiger partial charge on any atom is -0.334 e. The Kier molecular flexibility index (Phi) is 7.17. The van der Waals surface area contributed by atoms with Gasteiger partial charge in [-0.1, -0.05) is 19.1 Å². The molecule has 142 valence electrons. The van der Waals surface area contributed by atoms with E-state index >= 15 is 0 Å². The molecule has 2 fully saturated rings. The van der Waals surface area contributed by atoms with Crippen molar-refractivity contribution in [2.45, 2.75) is 45.2 Å². The van der Waals surface area contributed by atoms with Gasteiger partial charge < -0.3 is 10.2 Å². The van der Waals surface area contributed by atoms with Gasteiger partial charge in [-0.15, -0.1) is 12.4 Å². The molecule has 2 aliphatic rings. The summed E-state index contributed by atoms with van der Waals surface area (Å²) in [6.45, 7) is 4.93. The Balaban J connectivity index is 0.00000243. The first kappa shape index (κ1) is 20.4. The second-order valence-electron chi connectivity index (χ2n) is 6.72. The standard InChI is InChI=1S/C19H25N3O3.ClH/c1-2-11-21(16-9-10-20-12-16)19(25)15-5-3-14(4-6-15)13-22-17(23)7-8-18(22)24;/h3-6,16,20H,2,7-13H2,1H3;1H. The van der Waals surface area contributed by atoms with Crippen molar-refractivity contribution in [1.82, 2.24) is 15.1 Å². The molecule has 7 heteroatoms. The van der Waals surface area contributed by atoms with E-state index in [0.717, 1.165) is 38.0 Å². The number of imide groups is 1. The van der Waals surface area contributed by atoms with Gasteiger partial charge in [-0.25, -0.2) is 0 Å². The zero-order chi connectivity index (χ0) is 17.8. The number of likely N-dealkylation sites (tertiary alicyclic amines) is 1. The lowest BCUT2D eigenvalue weighted by Crippen LogP contribution is -2.42. The summed E-state index contributed by atoms with van der Waals surface area (Å²) in [6.07, 6.45) is 2.52. The Labute approximate surface area is 160 Å². The molecule has 26 heavy (non-hydrogen) atoms. The molecule has 1 N–H and O–H groups in total. The van der Waals surface area contributed by atoms with Crippen LogP contribution in [-0.4, -0.2) is 53.2 Å². The van der Waals surface area contributed by atoms with E-state index in [4.69, 9.17) is 0 Å². The quantitative estimate of drug-likeness (QED) is 0.767. The van der Waals surface area contributed by atoms with E-state index in [1.54, 1.807) is 12.1 Å². The molecule has 1 aromatic carbocycles. The van der Waals surface area contributed by atoms with Crippen LogP contribution in [0, 0.1) is 0 Å². The molecule has 0 aliphatic carbocycles. The summed E-state index contributed by atoms with van der Waals surface area (Å²) in [4.78, 5) is 39.5. The number of hydrogen-bond acceptors (Lipinski definition) is 4. The molecule has 2 heterocycles. The van der Waals surface area contributed by atoms with Crippen LogP contribution in [0.25, 0.3) is 0 Å². The number of carbonyl (C=O) groups excluding carboxylic acids is 3. The minimum atomic E-state index is -0.118. The van der Waals surface area contributed by atoms with Crippen molar-refractivity contribution >= 4 is 30.1 Å². The number of nitrogens with one attached hydrogen (secondary N) is 1. The molecular weight excluding hydrogens is 354 g/mol. The zero-order valence-electron chi connectivity index (χ0n) is 15.1. The van der Waals surface area contributed by atoms with Gasteiger partial charge in [0.2, 0.25) is 11.8 Å². The molecule has 1 unspecified atom stereocenters. The van der Waals surface area contributed by atoms with Crippen LogP contribution < -0.4 is 5.32 Å². The van der Waals surface area contributed by atoms with E-state index in [1.165, 1.54) is 4.90 Å². The lowest BCUT2D eigenvalue weighted by atomic mass is 10.1. The Hall–Kier alpha value is -1.92. The van der Waals surface area contributed by atoms with Crippen molar-refractivity contribution in [3.63, 3.8) is 0 Å². The van der Waals surface area contributed by atoms with Gasteiger partial charge in [0.1, 0.15) is 0 Å². The van der Waals surface area contributed by atoms with Crippen LogP contribution >= 0.6 is 12.4 Å². The fraction of sp³-hybridized carbons (Fsp3) is 0.526. The van der Waals surface area contributed by atoms with Crippen LogP contribution in [0.2, 0.25) is 0 Å². The van der Waals surface area contributed by atoms with Crippen molar-refractivity contribution in [1.29, 1.82) is 0 Å². The van der Waals surface area contributed by atoms with Crippen LogP contribution in [-0.2, 0) is 16.1 Å². The highest BCUT2D eigenvalue weighted by atomic mass is 35.5. The fourth-order valence-corrected chi connectivity index (χ4v) is 3.50. The van der Waals surface area contributed by atoms with E-state index in [9.17, 15) is 14.4 Å². The van der Waals surface area contributed by atoms with Gasteiger partial charge >= 0.3 is 0 Å². The average Bonchev–Trinajstić information content (AvgIpc) is 3.25. The Morgan fingerprint density at radius 1 is 1.19 bits per heavy atom. The smallest absolute Gasteiger partial charge is 0.254 e. The first-order chi connectivity index (χ1) is 12.1. The molecule has 1 aromatic rings. The van der Waals surface area contributed by atoms with Crippen LogP contribution in [0.3, 0.4) is 0 Å². The molecule has 3 rings (SSSR count). The summed E-state index contributed by atoms with van der Waals surface area (Å²) >= 11 is 0. The van der Waals surface area contributed by atoms with Gasteiger partial charge in [0, 0.05) is 37.5 Å². The highest BCUT2D eigenvalue weighted by molar-refractivity contribution is 6.01. The maximum absolute atomic E-state index is 12.9. The van der Waals surface area contributed by atoms with Crippen molar-refractivity contribution in [2.75, 3.05) is 19.6 Å². The summed E-state index contributed by atoms with van der Waals surface area (Å²) in [5.41, 5.74) is 1.52. The summed E-state index contributed by atoms with van der Waals surface area (Å²) in [5.74, 6) is -0.184. The number of hydrogen-bond donors (Lipinski definition) is 1. The van der Waals surface area contributed by atoms with E-state index in [1.807, 2.05) is 17.0 Å². The van der Waals surface area contributed by atoms with Crippen molar-refractivity contribution in [3.05, 3.63) is 35.4 Å². The summed E-state index contributed by atoms with van der Waals surface area (Å²) in [5, 5.41) is 3.31. The van der Waals surface area contributed by atoms with E-state index < -0.39 is 0 Å². The van der Waals surface area contributed by atoms with Crippen molar-refractivity contribution < 1.29 is 14.4 Å². The molecule has 1 atom stereocenters. The van der Waals surface area contributed by atoms with Gasteiger partial charge in [0.15, 0.2) is 0 Å². The summed E-state index contributed by atoms with van der Waals surface area (Å²) in [6, 6.07) is 7.53. The third kappa shape index (κ3) is 4.43. The van der Waals surface area contributed by atoms with Gasteiger partial charge in [0.05, 0.1) is 6.54 Å². The monoisotopic (exact) mass is 379 g/mol. The lowest BCUT2D eigenvalue weighted by Gasteiger charge is -2.28.